The second-order valence-corrected chi connectivity index (χ2v) is 7.10. The minimum Gasteiger partial charge on any atom is -0.480 e. The number of carbonyl (C=O) groups is 3. The van der Waals surface area contributed by atoms with Crippen molar-refractivity contribution in [1.29, 1.82) is 0 Å². The molecule has 0 aromatic heterocycles. The molecule has 1 saturated heterocycles. The number of hydrogen-bond donors (Lipinski definition) is 2. The molecule has 1 aliphatic heterocycles. The first kappa shape index (κ1) is 20.4. The lowest BCUT2D eigenvalue weighted by Crippen LogP contribution is -2.46. The number of carboxylic acid groups (broad SMARTS) is 1. The second kappa shape index (κ2) is 9.73. The van der Waals surface area contributed by atoms with Gasteiger partial charge in [0.2, 0.25) is 11.8 Å². The maximum Gasteiger partial charge on any atom is 0.323 e. The predicted octanol–water partition coefficient (Wildman–Crippen LogP) is 2.45. The van der Waals surface area contributed by atoms with Crippen LogP contribution in [0.5, 0.6) is 0 Å². The monoisotopic (exact) mass is 395 g/mol. The molecule has 0 spiro atoms. The smallest absolute Gasteiger partial charge is 0.323 e. The van der Waals surface area contributed by atoms with Gasteiger partial charge in [0, 0.05) is 30.4 Å². The Kier molecular flexibility index (Phi) is 6.84. The summed E-state index contributed by atoms with van der Waals surface area (Å²) in [7, 11) is 0. The molecule has 0 aliphatic carbocycles. The molecule has 1 aliphatic rings. The molecule has 1 fully saturated rings. The van der Waals surface area contributed by atoms with Crippen LogP contribution in [0, 0.1) is 5.92 Å². The van der Waals surface area contributed by atoms with Gasteiger partial charge < -0.3 is 20.2 Å². The molecule has 29 heavy (non-hydrogen) atoms. The van der Waals surface area contributed by atoms with E-state index < -0.39 is 5.97 Å². The molecule has 2 aromatic carbocycles. The number of aliphatic carboxylic acids is 1. The van der Waals surface area contributed by atoms with E-state index in [1.807, 2.05) is 48.5 Å². The molecule has 0 radical (unpaired) electrons. The number of amides is 2. The van der Waals surface area contributed by atoms with Crippen LogP contribution in [0.2, 0.25) is 0 Å². The van der Waals surface area contributed by atoms with Gasteiger partial charge in [0.15, 0.2) is 0 Å². The van der Waals surface area contributed by atoms with Crippen LogP contribution in [0.4, 0.5) is 11.4 Å². The predicted molar refractivity (Wildman–Crippen MR) is 111 cm³/mol. The summed E-state index contributed by atoms with van der Waals surface area (Å²) in [6.45, 7) is 0.728. The number of hydrogen-bond acceptors (Lipinski definition) is 4. The molecule has 2 amide bonds. The van der Waals surface area contributed by atoms with Gasteiger partial charge in [-0.25, -0.2) is 0 Å². The fraction of sp³-hybridized carbons (Fsp3) is 0.318. The minimum absolute atomic E-state index is 0.00279. The third-order valence-corrected chi connectivity index (χ3v) is 5.03. The molecule has 7 heteroatoms. The molecule has 0 bridgehead atoms. The summed E-state index contributed by atoms with van der Waals surface area (Å²) < 4.78 is 0. The molecule has 0 saturated carbocycles. The van der Waals surface area contributed by atoms with Crippen LogP contribution < -0.4 is 10.2 Å². The standard InChI is InChI=1S/C22H25N3O4/c26-20(15-25(16-21(27)28)19-9-5-2-6-10-19)24-13-11-17(12-14-24)22(29)23-18-7-3-1-4-8-18/h1-10,17H,11-16H2,(H,23,29)(H,27,28). The Bertz CT molecular complexity index is 834. The van der Waals surface area contributed by atoms with Crippen LogP contribution in [0.15, 0.2) is 60.7 Å². The number of rotatable bonds is 7. The fourth-order valence-corrected chi connectivity index (χ4v) is 3.46. The number of carboxylic acids is 1. The summed E-state index contributed by atoms with van der Waals surface area (Å²) in [5.41, 5.74) is 1.46. The van der Waals surface area contributed by atoms with E-state index >= 15 is 0 Å². The highest BCUT2D eigenvalue weighted by Crippen LogP contribution is 2.20. The second-order valence-electron chi connectivity index (χ2n) is 7.10. The van der Waals surface area contributed by atoms with Crippen molar-refractivity contribution in [2.24, 2.45) is 5.92 Å². The van der Waals surface area contributed by atoms with E-state index in [0.29, 0.717) is 31.6 Å². The van der Waals surface area contributed by atoms with Gasteiger partial charge in [-0.1, -0.05) is 36.4 Å². The summed E-state index contributed by atoms with van der Waals surface area (Å²) in [6, 6.07) is 18.4. The van der Waals surface area contributed by atoms with Crippen molar-refractivity contribution >= 4 is 29.2 Å². The molecule has 2 aromatic rings. The topological polar surface area (TPSA) is 90.0 Å². The number of carbonyl (C=O) groups excluding carboxylic acids is 2. The van der Waals surface area contributed by atoms with Gasteiger partial charge >= 0.3 is 5.97 Å². The highest BCUT2D eigenvalue weighted by molar-refractivity contribution is 5.92. The Hall–Kier alpha value is -3.35. The Morgan fingerprint density at radius 1 is 0.931 bits per heavy atom. The first-order valence-corrected chi connectivity index (χ1v) is 9.68. The zero-order valence-electron chi connectivity index (χ0n) is 16.2. The Labute approximate surface area is 169 Å². The van der Waals surface area contributed by atoms with E-state index in [1.165, 1.54) is 0 Å². The summed E-state index contributed by atoms with van der Waals surface area (Å²) in [5.74, 6) is -1.28. The third kappa shape index (κ3) is 5.81. The molecule has 2 N–H and O–H groups in total. The number of nitrogens with one attached hydrogen (secondary N) is 1. The van der Waals surface area contributed by atoms with Crippen LogP contribution in [0.3, 0.4) is 0 Å². The van der Waals surface area contributed by atoms with E-state index in [4.69, 9.17) is 0 Å². The molecular weight excluding hydrogens is 370 g/mol. The van der Waals surface area contributed by atoms with Crippen LogP contribution >= 0.6 is 0 Å². The first-order chi connectivity index (χ1) is 14.0. The van der Waals surface area contributed by atoms with Gasteiger partial charge in [-0.3, -0.25) is 14.4 Å². The summed E-state index contributed by atoms with van der Waals surface area (Å²) in [5, 5.41) is 12.1. The first-order valence-electron chi connectivity index (χ1n) is 9.68. The summed E-state index contributed by atoms with van der Waals surface area (Å²) in [4.78, 5) is 39.6. The Morgan fingerprint density at radius 2 is 1.52 bits per heavy atom. The van der Waals surface area contributed by atoms with Crippen molar-refractivity contribution in [3.05, 3.63) is 60.7 Å². The normalized spacial score (nSPS) is 14.3. The van der Waals surface area contributed by atoms with Crippen LogP contribution in [-0.2, 0) is 14.4 Å². The van der Waals surface area contributed by atoms with Crippen LogP contribution in [-0.4, -0.2) is 54.0 Å². The molecule has 1 heterocycles. The van der Waals surface area contributed by atoms with Crippen LogP contribution in [0.1, 0.15) is 12.8 Å². The summed E-state index contributed by atoms with van der Waals surface area (Å²) >= 11 is 0. The number of likely N-dealkylation sites (tertiary alicyclic amines) is 1. The lowest BCUT2D eigenvalue weighted by Gasteiger charge is -2.33. The lowest BCUT2D eigenvalue weighted by atomic mass is 9.95. The molecule has 152 valence electrons. The molecule has 3 rings (SSSR count). The lowest BCUT2D eigenvalue weighted by molar-refractivity contribution is -0.136. The number of anilines is 2. The molecule has 0 atom stereocenters. The highest BCUT2D eigenvalue weighted by atomic mass is 16.4. The zero-order valence-corrected chi connectivity index (χ0v) is 16.2. The van der Waals surface area contributed by atoms with E-state index in [2.05, 4.69) is 5.32 Å². The number of benzene rings is 2. The zero-order chi connectivity index (χ0) is 20.6. The van der Waals surface area contributed by atoms with Crippen molar-refractivity contribution in [3.63, 3.8) is 0 Å². The number of nitrogens with zero attached hydrogens (tertiary/aromatic N) is 2. The largest absolute Gasteiger partial charge is 0.480 e. The molecule has 0 unspecified atom stereocenters. The third-order valence-electron chi connectivity index (χ3n) is 5.03. The average Bonchev–Trinajstić information content (AvgIpc) is 2.74. The Balaban J connectivity index is 1.53. The van der Waals surface area contributed by atoms with Gasteiger partial charge in [0.1, 0.15) is 6.54 Å². The van der Waals surface area contributed by atoms with Gasteiger partial charge in [-0.2, -0.15) is 0 Å². The van der Waals surface area contributed by atoms with Crippen LogP contribution in [0.25, 0.3) is 0 Å². The maximum absolute atomic E-state index is 12.7. The summed E-state index contributed by atoms with van der Waals surface area (Å²) in [6.07, 6.45) is 1.18. The van der Waals surface area contributed by atoms with E-state index in [1.54, 1.807) is 21.9 Å². The van der Waals surface area contributed by atoms with Crippen molar-refractivity contribution in [2.45, 2.75) is 12.8 Å². The molecular formula is C22H25N3O4. The van der Waals surface area contributed by atoms with Gasteiger partial charge in [0.05, 0.1) is 6.54 Å². The fourth-order valence-electron chi connectivity index (χ4n) is 3.46. The van der Waals surface area contributed by atoms with Crippen molar-refractivity contribution < 1.29 is 19.5 Å². The van der Waals surface area contributed by atoms with E-state index in [0.717, 1.165) is 5.69 Å². The van der Waals surface area contributed by atoms with E-state index in [9.17, 15) is 19.5 Å². The Morgan fingerprint density at radius 3 is 2.10 bits per heavy atom. The van der Waals surface area contributed by atoms with Crippen molar-refractivity contribution in [3.8, 4) is 0 Å². The number of piperidine rings is 1. The average molecular weight is 395 g/mol. The maximum atomic E-state index is 12.7. The van der Waals surface area contributed by atoms with Gasteiger partial charge in [-0.05, 0) is 37.1 Å². The van der Waals surface area contributed by atoms with Gasteiger partial charge in [0.25, 0.3) is 0 Å². The van der Waals surface area contributed by atoms with Crippen molar-refractivity contribution in [2.75, 3.05) is 36.4 Å². The minimum atomic E-state index is -0.988. The van der Waals surface area contributed by atoms with Gasteiger partial charge in [-0.15, -0.1) is 0 Å². The van der Waals surface area contributed by atoms with Crippen molar-refractivity contribution in [1.82, 2.24) is 4.90 Å². The quantitative estimate of drug-likeness (QED) is 0.752. The highest BCUT2D eigenvalue weighted by Gasteiger charge is 2.28. The SMILES string of the molecule is O=C(O)CN(CC(=O)N1CCC(C(=O)Nc2ccccc2)CC1)c1ccccc1. The number of para-hydroxylation sites is 2. The van der Waals surface area contributed by atoms with E-state index in [-0.39, 0.29) is 30.8 Å². The molecule has 7 nitrogen and oxygen atoms in total.